The van der Waals surface area contributed by atoms with Crippen molar-refractivity contribution in [1.82, 2.24) is 14.2 Å². The number of nitrogens with two attached hydrogens (primary N) is 1. The molecule has 1 amide bonds. The van der Waals surface area contributed by atoms with Gasteiger partial charge in [-0.3, -0.25) is 9.59 Å². The Morgan fingerprint density at radius 2 is 1.92 bits per heavy atom. The van der Waals surface area contributed by atoms with Crippen molar-refractivity contribution in [3.05, 3.63) is 81.8 Å². The molecular formula is C19H16N4O2. The number of amides is 1. The first kappa shape index (κ1) is 15.1. The van der Waals surface area contributed by atoms with Crippen molar-refractivity contribution in [3.8, 4) is 0 Å². The Morgan fingerprint density at radius 3 is 2.68 bits per heavy atom. The monoisotopic (exact) mass is 332 g/mol. The molecule has 0 saturated heterocycles. The van der Waals surface area contributed by atoms with Crippen LogP contribution in [0, 0.1) is 6.92 Å². The number of hydrogen-bond acceptors (Lipinski definition) is 3. The summed E-state index contributed by atoms with van der Waals surface area (Å²) < 4.78 is 3.25. The highest BCUT2D eigenvalue weighted by atomic mass is 16.1. The van der Waals surface area contributed by atoms with Gasteiger partial charge in [-0.1, -0.05) is 29.8 Å². The average Bonchev–Trinajstić information content (AvgIpc) is 3.08. The fourth-order valence-corrected chi connectivity index (χ4v) is 3.13. The number of aromatic nitrogens is 3. The number of primary amides is 1. The summed E-state index contributed by atoms with van der Waals surface area (Å²) in [6, 6.07) is 14.7. The Kier molecular flexibility index (Phi) is 3.39. The maximum absolute atomic E-state index is 13.0. The van der Waals surface area contributed by atoms with Crippen LogP contribution in [0.3, 0.4) is 0 Å². The molecule has 6 nitrogen and oxygen atoms in total. The van der Waals surface area contributed by atoms with E-state index in [1.165, 1.54) is 0 Å². The van der Waals surface area contributed by atoms with E-state index in [2.05, 4.69) is 5.10 Å². The van der Waals surface area contributed by atoms with Gasteiger partial charge in [-0.05, 0) is 36.8 Å². The van der Waals surface area contributed by atoms with Gasteiger partial charge >= 0.3 is 0 Å². The lowest BCUT2D eigenvalue weighted by atomic mass is 10.1. The highest BCUT2D eigenvalue weighted by Gasteiger charge is 2.13. The van der Waals surface area contributed by atoms with E-state index in [4.69, 9.17) is 5.73 Å². The fraction of sp³-hybridized carbons (Fsp3) is 0.105. The summed E-state index contributed by atoms with van der Waals surface area (Å²) >= 11 is 0. The molecule has 25 heavy (non-hydrogen) atoms. The first-order chi connectivity index (χ1) is 12.0. The third-order valence-electron chi connectivity index (χ3n) is 4.31. The Labute approximate surface area is 143 Å². The van der Waals surface area contributed by atoms with Crippen molar-refractivity contribution in [2.75, 3.05) is 0 Å². The van der Waals surface area contributed by atoms with Gasteiger partial charge in [-0.25, -0.2) is 4.52 Å². The summed E-state index contributed by atoms with van der Waals surface area (Å²) in [5.41, 5.74) is 9.61. The second-order valence-electron chi connectivity index (χ2n) is 6.08. The minimum absolute atomic E-state index is 0.159. The number of carbonyl (C=O) groups is 1. The van der Waals surface area contributed by atoms with Crippen LogP contribution in [-0.4, -0.2) is 20.1 Å². The lowest BCUT2D eigenvalue weighted by molar-refractivity contribution is 0.100. The summed E-state index contributed by atoms with van der Waals surface area (Å²) in [5.74, 6) is -0.531. The standard InChI is InChI=1S/C19H16N4O2/c1-12-3-2-4-13(9-12)11-22-17-10-14(18(20)24)5-6-15(17)23-16(19(22)25)7-8-21-23/h2-10H,11H2,1H3,(H2,20,24). The van der Waals surface area contributed by atoms with E-state index >= 15 is 0 Å². The van der Waals surface area contributed by atoms with Crippen molar-refractivity contribution in [2.45, 2.75) is 13.5 Å². The van der Waals surface area contributed by atoms with Gasteiger partial charge in [-0.15, -0.1) is 0 Å². The van der Waals surface area contributed by atoms with E-state index in [1.54, 1.807) is 39.5 Å². The second kappa shape index (κ2) is 5.59. The Bertz CT molecular complexity index is 1190. The van der Waals surface area contributed by atoms with Crippen molar-refractivity contribution in [2.24, 2.45) is 5.73 Å². The van der Waals surface area contributed by atoms with Crippen LogP contribution in [0.15, 0.2) is 59.5 Å². The van der Waals surface area contributed by atoms with Crippen LogP contribution < -0.4 is 11.3 Å². The van der Waals surface area contributed by atoms with E-state index in [0.29, 0.717) is 23.1 Å². The lowest BCUT2D eigenvalue weighted by Gasteiger charge is -2.13. The van der Waals surface area contributed by atoms with Crippen LogP contribution in [0.2, 0.25) is 0 Å². The molecule has 0 fully saturated rings. The van der Waals surface area contributed by atoms with Gasteiger partial charge in [0.25, 0.3) is 5.56 Å². The largest absolute Gasteiger partial charge is 0.366 e. The number of aryl methyl sites for hydroxylation is 1. The summed E-state index contributed by atoms with van der Waals surface area (Å²) in [4.78, 5) is 24.5. The summed E-state index contributed by atoms with van der Waals surface area (Å²) in [6.07, 6.45) is 1.59. The van der Waals surface area contributed by atoms with Crippen LogP contribution in [0.25, 0.3) is 16.6 Å². The van der Waals surface area contributed by atoms with Crippen LogP contribution in [0.5, 0.6) is 0 Å². The Morgan fingerprint density at radius 1 is 1.08 bits per heavy atom. The van der Waals surface area contributed by atoms with Crippen molar-refractivity contribution in [3.63, 3.8) is 0 Å². The molecule has 6 heteroatoms. The van der Waals surface area contributed by atoms with Crippen molar-refractivity contribution >= 4 is 22.5 Å². The normalized spacial score (nSPS) is 11.2. The highest BCUT2D eigenvalue weighted by molar-refractivity contribution is 5.96. The topological polar surface area (TPSA) is 82.4 Å². The third kappa shape index (κ3) is 2.48. The van der Waals surface area contributed by atoms with Crippen LogP contribution >= 0.6 is 0 Å². The maximum Gasteiger partial charge on any atom is 0.277 e. The SMILES string of the molecule is Cc1cccc(Cn2c(=O)c3ccnn3c3ccc(C(N)=O)cc32)c1. The summed E-state index contributed by atoms with van der Waals surface area (Å²) in [7, 11) is 0. The molecule has 124 valence electrons. The van der Waals surface area contributed by atoms with E-state index in [-0.39, 0.29) is 5.56 Å². The molecule has 0 atom stereocenters. The predicted octanol–water partition coefficient (Wildman–Crippen LogP) is 2.10. The number of nitrogens with zero attached hydrogens (tertiary/aromatic N) is 3. The molecule has 0 bridgehead atoms. The molecule has 2 N–H and O–H groups in total. The molecule has 0 aliphatic heterocycles. The molecule has 4 rings (SSSR count). The molecule has 0 aliphatic rings. The second-order valence-corrected chi connectivity index (χ2v) is 6.08. The number of benzene rings is 2. The Hall–Kier alpha value is -3.41. The molecule has 0 radical (unpaired) electrons. The highest BCUT2D eigenvalue weighted by Crippen LogP contribution is 2.18. The minimum atomic E-state index is -0.531. The molecule has 2 aromatic heterocycles. The minimum Gasteiger partial charge on any atom is -0.366 e. The molecular weight excluding hydrogens is 316 g/mol. The zero-order valence-corrected chi connectivity index (χ0v) is 13.6. The molecule has 0 unspecified atom stereocenters. The maximum atomic E-state index is 13.0. The average molecular weight is 332 g/mol. The summed E-state index contributed by atoms with van der Waals surface area (Å²) in [6.45, 7) is 2.41. The van der Waals surface area contributed by atoms with Gasteiger partial charge in [0.05, 0.1) is 23.8 Å². The zero-order chi connectivity index (χ0) is 17.6. The van der Waals surface area contributed by atoms with Gasteiger partial charge in [0.15, 0.2) is 0 Å². The fourth-order valence-electron chi connectivity index (χ4n) is 3.13. The van der Waals surface area contributed by atoms with Gasteiger partial charge in [0, 0.05) is 5.56 Å². The van der Waals surface area contributed by atoms with E-state index in [0.717, 1.165) is 16.6 Å². The van der Waals surface area contributed by atoms with E-state index in [1.807, 2.05) is 31.2 Å². The van der Waals surface area contributed by atoms with Crippen LogP contribution in [-0.2, 0) is 6.54 Å². The first-order valence-corrected chi connectivity index (χ1v) is 7.90. The molecule has 0 aliphatic carbocycles. The molecule has 4 aromatic rings. The predicted molar refractivity (Wildman–Crippen MR) is 95.8 cm³/mol. The zero-order valence-electron chi connectivity index (χ0n) is 13.6. The lowest BCUT2D eigenvalue weighted by Crippen LogP contribution is -2.24. The quantitative estimate of drug-likeness (QED) is 0.624. The van der Waals surface area contributed by atoms with Gasteiger partial charge in [0.1, 0.15) is 5.52 Å². The molecule has 0 saturated carbocycles. The number of carbonyl (C=O) groups excluding carboxylic acids is 1. The van der Waals surface area contributed by atoms with E-state index in [9.17, 15) is 9.59 Å². The Balaban J connectivity index is 2.05. The smallest absolute Gasteiger partial charge is 0.277 e. The van der Waals surface area contributed by atoms with Gasteiger partial charge in [0.2, 0.25) is 5.91 Å². The van der Waals surface area contributed by atoms with Gasteiger partial charge in [-0.2, -0.15) is 5.10 Å². The first-order valence-electron chi connectivity index (χ1n) is 7.90. The number of hydrogen-bond donors (Lipinski definition) is 1. The van der Waals surface area contributed by atoms with Crippen LogP contribution in [0.1, 0.15) is 21.5 Å². The number of rotatable bonds is 3. The molecule has 2 aromatic carbocycles. The van der Waals surface area contributed by atoms with Crippen molar-refractivity contribution < 1.29 is 4.79 Å². The van der Waals surface area contributed by atoms with Crippen molar-refractivity contribution in [1.29, 1.82) is 0 Å². The van der Waals surface area contributed by atoms with Crippen LogP contribution in [0.4, 0.5) is 0 Å². The third-order valence-corrected chi connectivity index (χ3v) is 4.31. The molecule has 2 heterocycles. The number of fused-ring (bicyclic) bond motifs is 3. The molecule has 0 spiro atoms. The van der Waals surface area contributed by atoms with E-state index < -0.39 is 5.91 Å². The summed E-state index contributed by atoms with van der Waals surface area (Å²) in [5, 5.41) is 4.23. The van der Waals surface area contributed by atoms with Gasteiger partial charge < -0.3 is 10.3 Å².